The fraction of sp³-hybridized carbons (Fsp3) is 0.191. The average Bonchev–Trinajstić information content (AvgIpc) is 3.66. The van der Waals surface area contributed by atoms with E-state index >= 15 is 0 Å². The second kappa shape index (κ2) is 13.6. The van der Waals surface area contributed by atoms with E-state index in [4.69, 9.17) is 14.7 Å². The van der Waals surface area contributed by atoms with Crippen LogP contribution in [0.1, 0.15) is 62.7 Å². The number of nitrogens with zero attached hydrogens (tertiary/aromatic N) is 6. The second-order valence-corrected chi connectivity index (χ2v) is 15.7. The Balaban J connectivity index is 0.00000427. The van der Waals surface area contributed by atoms with Crippen molar-refractivity contribution in [2.45, 2.75) is 59.3 Å². The Hall–Kier alpha value is -5.65. The van der Waals surface area contributed by atoms with Crippen molar-refractivity contribution in [2.75, 3.05) is 4.90 Å². The Bertz CT molecular complexity index is 2720. The number of imidazole rings is 1. The Morgan fingerprint density at radius 1 is 0.727 bits per heavy atom. The number of benzene rings is 4. The van der Waals surface area contributed by atoms with Gasteiger partial charge in [-0.05, 0) is 71.0 Å². The van der Waals surface area contributed by atoms with E-state index in [9.17, 15) is 0 Å². The summed E-state index contributed by atoms with van der Waals surface area (Å²) in [6.45, 7) is 17.4. The quantitative estimate of drug-likeness (QED) is 0.156. The molecule has 0 fully saturated rings. The van der Waals surface area contributed by atoms with Crippen molar-refractivity contribution >= 4 is 33.2 Å². The maximum Gasteiger partial charge on any atom is 0.135 e. The zero-order valence-corrected chi connectivity index (χ0v) is 34.2. The van der Waals surface area contributed by atoms with Crippen LogP contribution >= 0.6 is 0 Å². The van der Waals surface area contributed by atoms with E-state index in [-0.39, 0.29) is 31.9 Å². The molecule has 0 amide bonds. The number of hydrogen-bond donors (Lipinski definition) is 0. The molecular weight excluding hydrogens is 860 g/mol. The van der Waals surface area contributed by atoms with Crippen LogP contribution in [0.4, 0.5) is 11.4 Å². The molecule has 9 rings (SSSR count). The van der Waals surface area contributed by atoms with E-state index in [1.165, 1.54) is 5.56 Å². The third kappa shape index (κ3) is 6.21. The molecule has 5 heterocycles. The molecule has 0 saturated heterocycles. The van der Waals surface area contributed by atoms with Crippen LogP contribution in [0.25, 0.3) is 39.0 Å². The molecule has 0 bridgehead atoms. The second-order valence-electron chi connectivity index (χ2n) is 15.7. The zero-order valence-electron chi connectivity index (χ0n) is 32.0. The van der Waals surface area contributed by atoms with E-state index in [2.05, 4.69) is 177 Å². The van der Waals surface area contributed by atoms with Crippen molar-refractivity contribution in [1.29, 1.82) is 0 Å². The van der Waals surface area contributed by atoms with Gasteiger partial charge in [0.25, 0.3) is 0 Å². The van der Waals surface area contributed by atoms with Gasteiger partial charge in [0.1, 0.15) is 5.82 Å². The number of aryl methyl sites for hydroxylation is 1. The molecule has 8 aromatic rings. The van der Waals surface area contributed by atoms with Crippen LogP contribution in [0.3, 0.4) is 0 Å². The van der Waals surface area contributed by atoms with Crippen molar-refractivity contribution in [1.82, 2.24) is 24.1 Å². The van der Waals surface area contributed by atoms with Gasteiger partial charge in [0.05, 0.1) is 11.7 Å². The molecule has 1 aliphatic rings. The Kier molecular flexibility index (Phi) is 8.97. The minimum Gasteiger partial charge on any atom is -0.509 e. The number of rotatable bonds is 6. The number of fused-ring (bicyclic) bond motifs is 6. The SMILES string of the molecule is Cc1nc2n(c1C)[CH-]N(c1[c-]c(Oc3[c-]c4c(cc3)c3ccncc3n4-c3cc(C(C)(C)c4ccccc4)ccn3)cc(C(C)(C)C)c1)c1ccccc1-2.[Pt]. The van der Waals surface area contributed by atoms with Crippen LogP contribution in [-0.2, 0) is 31.9 Å². The summed E-state index contributed by atoms with van der Waals surface area (Å²) >= 11 is 0. The first-order chi connectivity index (χ1) is 26.0. The van der Waals surface area contributed by atoms with E-state index in [1.807, 2.05) is 24.7 Å². The van der Waals surface area contributed by atoms with Gasteiger partial charge in [0.2, 0.25) is 0 Å². The van der Waals surface area contributed by atoms with Crippen LogP contribution in [0, 0.1) is 32.6 Å². The number of pyridine rings is 2. The van der Waals surface area contributed by atoms with Gasteiger partial charge in [-0.15, -0.1) is 41.3 Å². The number of para-hydroxylation sites is 1. The molecule has 1 aliphatic heterocycles. The summed E-state index contributed by atoms with van der Waals surface area (Å²) in [5.41, 5.74) is 10.1. The van der Waals surface area contributed by atoms with Gasteiger partial charge in [-0.3, -0.25) is 4.98 Å². The van der Waals surface area contributed by atoms with Crippen molar-refractivity contribution in [3.63, 3.8) is 0 Å². The molecular formula is C47H41N6OPt-3. The third-order valence-electron chi connectivity index (χ3n) is 10.8. The molecule has 55 heavy (non-hydrogen) atoms. The molecule has 0 unspecified atom stereocenters. The summed E-state index contributed by atoms with van der Waals surface area (Å²) in [7, 11) is 0. The van der Waals surface area contributed by atoms with Crippen LogP contribution in [0.5, 0.6) is 11.5 Å². The predicted molar refractivity (Wildman–Crippen MR) is 217 cm³/mol. The van der Waals surface area contributed by atoms with Crippen LogP contribution in [0.2, 0.25) is 0 Å². The first kappa shape index (κ1) is 36.3. The van der Waals surface area contributed by atoms with Crippen molar-refractivity contribution < 1.29 is 25.8 Å². The van der Waals surface area contributed by atoms with E-state index in [0.29, 0.717) is 11.5 Å². The topological polar surface area (TPSA) is 61.0 Å². The van der Waals surface area contributed by atoms with Gasteiger partial charge < -0.3 is 23.8 Å². The molecule has 0 atom stereocenters. The molecule has 8 heteroatoms. The van der Waals surface area contributed by atoms with Gasteiger partial charge in [0.15, 0.2) is 0 Å². The zero-order chi connectivity index (χ0) is 37.4. The first-order valence-corrected chi connectivity index (χ1v) is 18.3. The smallest absolute Gasteiger partial charge is 0.135 e. The minimum absolute atomic E-state index is 0. The molecule has 0 aliphatic carbocycles. The molecule has 7 nitrogen and oxygen atoms in total. The molecule has 0 saturated carbocycles. The summed E-state index contributed by atoms with van der Waals surface area (Å²) < 4.78 is 11.0. The van der Waals surface area contributed by atoms with Gasteiger partial charge in [-0.2, -0.15) is 6.07 Å². The Labute approximate surface area is 336 Å². The maximum absolute atomic E-state index is 6.74. The van der Waals surface area contributed by atoms with Crippen molar-refractivity contribution in [3.05, 3.63) is 163 Å². The fourth-order valence-electron chi connectivity index (χ4n) is 7.48. The van der Waals surface area contributed by atoms with Crippen LogP contribution < -0.4 is 9.64 Å². The summed E-state index contributed by atoms with van der Waals surface area (Å²) in [6.07, 6.45) is 5.62. The normalized spacial score (nSPS) is 12.6. The molecule has 0 spiro atoms. The maximum atomic E-state index is 6.74. The molecule has 278 valence electrons. The van der Waals surface area contributed by atoms with E-state index < -0.39 is 0 Å². The summed E-state index contributed by atoms with van der Waals surface area (Å²) in [5, 5.41) is 2.12. The van der Waals surface area contributed by atoms with Gasteiger partial charge >= 0.3 is 0 Å². The number of hydrogen-bond acceptors (Lipinski definition) is 5. The largest absolute Gasteiger partial charge is 0.509 e. The predicted octanol–water partition coefficient (Wildman–Crippen LogP) is 11.2. The standard InChI is InChI=1S/C47H41N6O.Pt/c1-30-31(2)51-29-52(41-16-12-11-15-40(41)45(51)50-30)35-23-34(46(3,4)5)24-37(26-35)54-36-17-18-38-39-20-21-48-28-43(39)53(42(38)27-36)44-25-33(19-22-49-44)47(6,7)32-13-9-8-10-14-32;/h8-25,28-29H,1-7H3;/q-3;. The van der Waals surface area contributed by atoms with Crippen molar-refractivity contribution in [2.24, 2.45) is 0 Å². The van der Waals surface area contributed by atoms with Gasteiger partial charge in [-0.25, -0.2) is 4.98 Å². The minimum atomic E-state index is -0.233. The fourth-order valence-corrected chi connectivity index (χ4v) is 7.48. The molecule has 4 aromatic heterocycles. The Morgan fingerprint density at radius 2 is 1.51 bits per heavy atom. The summed E-state index contributed by atoms with van der Waals surface area (Å²) in [5.74, 6) is 2.93. The van der Waals surface area contributed by atoms with Crippen LogP contribution in [-0.4, -0.2) is 24.1 Å². The molecule has 0 radical (unpaired) electrons. The molecule has 0 N–H and O–H groups in total. The Morgan fingerprint density at radius 3 is 2.31 bits per heavy atom. The van der Waals surface area contributed by atoms with Gasteiger partial charge in [-0.1, -0.05) is 107 Å². The number of aromatic nitrogens is 5. The number of anilines is 2. The van der Waals surface area contributed by atoms with Crippen LogP contribution in [0.15, 0.2) is 116 Å². The average molecular weight is 901 g/mol. The van der Waals surface area contributed by atoms with E-state index in [0.717, 1.165) is 72.9 Å². The number of ether oxygens (including phenoxy) is 1. The van der Waals surface area contributed by atoms with E-state index in [1.54, 1.807) is 0 Å². The van der Waals surface area contributed by atoms with Gasteiger partial charge in [0, 0.05) is 61.9 Å². The monoisotopic (exact) mass is 900 g/mol. The first-order valence-electron chi connectivity index (χ1n) is 18.3. The summed E-state index contributed by atoms with van der Waals surface area (Å²) in [4.78, 5) is 16.5. The molecule has 4 aromatic carbocycles. The third-order valence-corrected chi connectivity index (χ3v) is 10.8. The van der Waals surface area contributed by atoms with Crippen molar-refractivity contribution in [3.8, 4) is 28.7 Å². The summed E-state index contributed by atoms with van der Waals surface area (Å²) in [6, 6.07) is 41.0.